The first-order valence-electron chi connectivity index (χ1n) is 6.31. The van der Waals surface area contributed by atoms with Crippen molar-refractivity contribution in [1.29, 1.82) is 0 Å². The molecule has 0 bridgehead atoms. The molecule has 0 aliphatic heterocycles. The number of benzene rings is 2. The molecule has 0 aliphatic rings. The lowest BCUT2D eigenvalue weighted by Crippen LogP contribution is -2.27. The van der Waals surface area contributed by atoms with Gasteiger partial charge in [-0.1, -0.05) is 12.1 Å². The number of amides is 1. The summed E-state index contributed by atoms with van der Waals surface area (Å²) in [6.45, 7) is 1.88. The maximum Gasteiger partial charge on any atom is 0.260 e. The third kappa shape index (κ3) is 2.59. The van der Waals surface area contributed by atoms with Crippen molar-refractivity contribution in [2.75, 3.05) is 24.8 Å². The van der Waals surface area contributed by atoms with E-state index in [4.69, 9.17) is 10.5 Å². The highest BCUT2D eigenvalue weighted by Gasteiger charge is 2.18. The van der Waals surface area contributed by atoms with Gasteiger partial charge in [-0.25, -0.2) is 0 Å². The van der Waals surface area contributed by atoms with E-state index < -0.39 is 0 Å². The van der Waals surface area contributed by atoms with Crippen LogP contribution in [0, 0.1) is 6.92 Å². The Hall–Kier alpha value is -2.49. The Kier molecular flexibility index (Phi) is 3.94. The van der Waals surface area contributed by atoms with E-state index in [0.29, 0.717) is 11.3 Å². The Morgan fingerprint density at radius 2 is 1.80 bits per heavy atom. The summed E-state index contributed by atoms with van der Waals surface area (Å²) >= 11 is 0. The van der Waals surface area contributed by atoms with Gasteiger partial charge in [0.25, 0.3) is 5.91 Å². The lowest BCUT2D eigenvalue weighted by Gasteiger charge is -2.19. The zero-order chi connectivity index (χ0) is 14.7. The highest BCUT2D eigenvalue weighted by atomic mass is 16.5. The number of nitrogens with zero attached hydrogens (tertiary/aromatic N) is 1. The first-order valence-corrected chi connectivity index (χ1v) is 6.31. The standard InChI is InChI=1S/C16H18N2O2/c1-11-5-4-6-14(17)15(11)16(19)18(2)12-7-9-13(20-3)10-8-12/h4-10H,17H2,1-3H3. The van der Waals surface area contributed by atoms with Crippen molar-refractivity contribution in [1.82, 2.24) is 0 Å². The number of aryl methyl sites for hydroxylation is 1. The van der Waals surface area contributed by atoms with Gasteiger partial charge in [0.2, 0.25) is 0 Å². The van der Waals surface area contributed by atoms with Crippen LogP contribution in [0.2, 0.25) is 0 Å². The summed E-state index contributed by atoms with van der Waals surface area (Å²) in [4.78, 5) is 14.1. The molecule has 0 spiro atoms. The second-order valence-electron chi connectivity index (χ2n) is 4.60. The van der Waals surface area contributed by atoms with Crippen LogP contribution >= 0.6 is 0 Å². The second-order valence-corrected chi connectivity index (χ2v) is 4.60. The summed E-state index contributed by atoms with van der Waals surface area (Å²) in [7, 11) is 3.34. The SMILES string of the molecule is COc1ccc(N(C)C(=O)c2c(C)cccc2N)cc1. The molecule has 4 heteroatoms. The van der Waals surface area contributed by atoms with Crippen LogP contribution in [0.1, 0.15) is 15.9 Å². The first-order chi connectivity index (χ1) is 9.54. The normalized spacial score (nSPS) is 10.2. The molecule has 1 amide bonds. The van der Waals surface area contributed by atoms with Gasteiger partial charge in [-0.15, -0.1) is 0 Å². The molecule has 0 radical (unpaired) electrons. The topological polar surface area (TPSA) is 55.6 Å². The lowest BCUT2D eigenvalue weighted by molar-refractivity contribution is 0.0993. The Morgan fingerprint density at radius 1 is 1.15 bits per heavy atom. The van der Waals surface area contributed by atoms with Crippen molar-refractivity contribution in [3.8, 4) is 5.75 Å². The molecular formula is C16H18N2O2. The third-order valence-corrected chi connectivity index (χ3v) is 3.28. The minimum atomic E-state index is -0.120. The van der Waals surface area contributed by atoms with Gasteiger partial charge in [0, 0.05) is 18.4 Å². The summed E-state index contributed by atoms with van der Waals surface area (Å²) < 4.78 is 5.11. The van der Waals surface area contributed by atoms with Crippen molar-refractivity contribution in [3.05, 3.63) is 53.6 Å². The molecule has 0 unspecified atom stereocenters. The van der Waals surface area contributed by atoms with Crippen LogP contribution < -0.4 is 15.4 Å². The molecule has 104 valence electrons. The van der Waals surface area contributed by atoms with Crippen LogP contribution in [-0.4, -0.2) is 20.1 Å². The van der Waals surface area contributed by atoms with Crippen LogP contribution in [0.25, 0.3) is 0 Å². The minimum absolute atomic E-state index is 0.120. The molecule has 2 N–H and O–H groups in total. The Morgan fingerprint density at radius 3 is 2.35 bits per heavy atom. The van der Waals surface area contributed by atoms with Gasteiger partial charge in [0.05, 0.1) is 12.7 Å². The van der Waals surface area contributed by atoms with Gasteiger partial charge in [-0.2, -0.15) is 0 Å². The zero-order valence-electron chi connectivity index (χ0n) is 11.9. The number of carbonyl (C=O) groups excluding carboxylic acids is 1. The number of anilines is 2. The van der Waals surface area contributed by atoms with Crippen LogP contribution in [0.15, 0.2) is 42.5 Å². The minimum Gasteiger partial charge on any atom is -0.497 e. The first kappa shape index (κ1) is 13.9. The molecule has 0 aromatic heterocycles. The Balaban J connectivity index is 2.32. The molecule has 20 heavy (non-hydrogen) atoms. The van der Waals surface area contributed by atoms with Crippen molar-refractivity contribution >= 4 is 17.3 Å². The number of carbonyl (C=O) groups is 1. The molecule has 0 heterocycles. The molecule has 0 atom stereocenters. The molecule has 2 aromatic carbocycles. The van der Waals surface area contributed by atoms with Crippen molar-refractivity contribution < 1.29 is 9.53 Å². The molecule has 2 rings (SSSR count). The smallest absolute Gasteiger partial charge is 0.260 e. The largest absolute Gasteiger partial charge is 0.497 e. The van der Waals surface area contributed by atoms with Crippen LogP contribution in [0.4, 0.5) is 11.4 Å². The van der Waals surface area contributed by atoms with Gasteiger partial charge in [0.1, 0.15) is 5.75 Å². The van der Waals surface area contributed by atoms with E-state index in [1.54, 1.807) is 25.1 Å². The fourth-order valence-electron chi connectivity index (χ4n) is 2.07. The number of ether oxygens (including phenoxy) is 1. The second kappa shape index (κ2) is 5.65. The average Bonchev–Trinajstić information content (AvgIpc) is 2.46. The van der Waals surface area contributed by atoms with E-state index in [-0.39, 0.29) is 5.91 Å². The number of hydrogen-bond acceptors (Lipinski definition) is 3. The van der Waals surface area contributed by atoms with Gasteiger partial charge >= 0.3 is 0 Å². The molecule has 2 aromatic rings. The highest BCUT2D eigenvalue weighted by molar-refractivity contribution is 6.10. The average molecular weight is 270 g/mol. The van der Waals surface area contributed by atoms with Gasteiger partial charge in [0.15, 0.2) is 0 Å². The van der Waals surface area contributed by atoms with Crippen LogP contribution in [-0.2, 0) is 0 Å². The van der Waals surface area contributed by atoms with E-state index >= 15 is 0 Å². The highest BCUT2D eigenvalue weighted by Crippen LogP contribution is 2.23. The van der Waals surface area contributed by atoms with Crippen LogP contribution in [0.5, 0.6) is 5.75 Å². The number of nitrogens with two attached hydrogens (primary N) is 1. The fourth-order valence-corrected chi connectivity index (χ4v) is 2.07. The van der Waals surface area contributed by atoms with Gasteiger partial charge in [-0.05, 0) is 42.8 Å². The van der Waals surface area contributed by atoms with Gasteiger partial charge in [-0.3, -0.25) is 4.79 Å². The molecule has 0 saturated carbocycles. The lowest BCUT2D eigenvalue weighted by atomic mass is 10.1. The number of nitrogen functional groups attached to an aromatic ring is 1. The van der Waals surface area contributed by atoms with Crippen molar-refractivity contribution in [3.63, 3.8) is 0 Å². The van der Waals surface area contributed by atoms with E-state index in [9.17, 15) is 4.79 Å². The molecule has 0 saturated heterocycles. The molecule has 4 nitrogen and oxygen atoms in total. The third-order valence-electron chi connectivity index (χ3n) is 3.28. The van der Waals surface area contributed by atoms with E-state index in [0.717, 1.165) is 17.0 Å². The molecule has 0 fully saturated rings. The molecule has 0 aliphatic carbocycles. The monoisotopic (exact) mass is 270 g/mol. The quantitative estimate of drug-likeness (QED) is 0.872. The van der Waals surface area contributed by atoms with Crippen LogP contribution in [0.3, 0.4) is 0 Å². The summed E-state index contributed by atoms with van der Waals surface area (Å²) in [5, 5.41) is 0. The predicted octanol–water partition coefficient (Wildman–Crippen LogP) is 2.86. The molecular weight excluding hydrogens is 252 g/mol. The van der Waals surface area contributed by atoms with E-state index in [2.05, 4.69) is 0 Å². The Labute approximate surface area is 118 Å². The fraction of sp³-hybridized carbons (Fsp3) is 0.188. The van der Waals surface area contributed by atoms with E-state index in [1.165, 1.54) is 0 Å². The number of rotatable bonds is 3. The summed E-state index contributed by atoms with van der Waals surface area (Å²) in [6.07, 6.45) is 0. The van der Waals surface area contributed by atoms with E-state index in [1.807, 2.05) is 43.3 Å². The van der Waals surface area contributed by atoms with Crippen molar-refractivity contribution in [2.45, 2.75) is 6.92 Å². The summed E-state index contributed by atoms with van der Waals surface area (Å²) in [5.41, 5.74) is 8.62. The maximum atomic E-state index is 12.6. The maximum absolute atomic E-state index is 12.6. The summed E-state index contributed by atoms with van der Waals surface area (Å²) in [6, 6.07) is 12.8. The predicted molar refractivity (Wildman–Crippen MR) is 81.3 cm³/mol. The Bertz CT molecular complexity index is 601. The zero-order valence-corrected chi connectivity index (χ0v) is 11.9. The summed E-state index contributed by atoms with van der Waals surface area (Å²) in [5.74, 6) is 0.635. The van der Waals surface area contributed by atoms with Gasteiger partial charge < -0.3 is 15.4 Å². The van der Waals surface area contributed by atoms with Crippen molar-refractivity contribution in [2.24, 2.45) is 0 Å². The number of methoxy groups -OCH3 is 1. The number of hydrogen-bond donors (Lipinski definition) is 1.